The topological polar surface area (TPSA) is 42.3 Å². The largest absolute Gasteiger partial charge is 0.344 e. The Labute approximate surface area is 176 Å². The SMILES string of the molecule is CN(CCc1ccccc1)C(=O)Cn1ccc2cc(-c3cccc(C=O)c3)ccc21. The molecule has 1 aromatic heterocycles. The zero-order valence-electron chi connectivity index (χ0n) is 17.0. The Morgan fingerprint density at radius 1 is 0.933 bits per heavy atom. The van der Waals surface area contributed by atoms with Crippen LogP contribution in [0.4, 0.5) is 0 Å². The summed E-state index contributed by atoms with van der Waals surface area (Å²) >= 11 is 0. The van der Waals surface area contributed by atoms with Crippen molar-refractivity contribution in [2.75, 3.05) is 13.6 Å². The molecule has 0 atom stereocenters. The van der Waals surface area contributed by atoms with Crippen molar-refractivity contribution < 1.29 is 9.59 Å². The van der Waals surface area contributed by atoms with Gasteiger partial charge in [-0.05, 0) is 47.4 Å². The van der Waals surface area contributed by atoms with E-state index in [0.717, 1.165) is 34.7 Å². The minimum absolute atomic E-state index is 0.0891. The number of nitrogens with zero attached hydrogens (tertiary/aromatic N) is 2. The summed E-state index contributed by atoms with van der Waals surface area (Å²) in [4.78, 5) is 25.5. The summed E-state index contributed by atoms with van der Waals surface area (Å²) in [6.45, 7) is 1.01. The lowest BCUT2D eigenvalue weighted by molar-refractivity contribution is -0.130. The van der Waals surface area contributed by atoms with Gasteiger partial charge in [-0.2, -0.15) is 0 Å². The second-order valence-corrected chi connectivity index (χ2v) is 7.51. The summed E-state index contributed by atoms with van der Waals surface area (Å²) in [7, 11) is 1.86. The molecule has 1 amide bonds. The van der Waals surface area contributed by atoms with Gasteiger partial charge < -0.3 is 9.47 Å². The van der Waals surface area contributed by atoms with E-state index < -0.39 is 0 Å². The molecule has 30 heavy (non-hydrogen) atoms. The lowest BCUT2D eigenvalue weighted by Crippen LogP contribution is -2.31. The van der Waals surface area contributed by atoms with Crippen LogP contribution in [0.3, 0.4) is 0 Å². The second-order valence-electron chi connectivity index (χ2n) is 7.51. The third kappa shape index (κ3) is 4.33. The summed E-state index contributed by atoms with van der Waals surface area (Å²) in [6.07, 6.45) is 3.66. The van der Waals surface area contributed by atoms with E-state index in [2.05, 4.69) is 18.2 Å². The van der Waals surface area contributed by atoms with Crippen LogP contribution >= 0.6 is 0 Å². The number of aldehydes is 1. The highest BCUT2D eigenvalue weighted by Gasteiger charge is 2.12. The number of fused-ring (bicyclic) bond motifs is 1. The fraction of sp³-hybridized carbons (Fsp3) is 0.154. The maximum Gasteiger partial charge on any atom is 0.242 e. The Hall–Kier alpha value is -3.66. The van der Waals surface area contributed by atoms with Gasteiger partial charge in [0.2, 0.25) is 5.91 Å². The van der Waals surface area contributed by atoms with Gasteiger partial charge in [0.1, 0.15) is 12.8 Å². The molecule has 4 rings (SSSR count). The van der Waals surface area contributed by atoms with Crippen molar-refractivity contribution in [1.82, 2.24) is 9.47 Å². The molecule has 4 nitrogen and oxygen atoms in total. The first-order valence-corrected chi connectivity index (χ1v) is 10.1. The molecule has 0 saturated carbocycles. The number of hydrogen-bond acceptors (Lipinski definition) is 2. The van der Waals surface area contributed by atoms with Gasteiger partial charge in [0.25, 0.3) is 0 Å². The van der Waals surface area contributed by atoms with Gasteiger partial charge in [0, 0.05) is 36.3 Å². The average Bonchev–Trinajstić information content (AvgIpc) is 3.20. The van der Waals surface area contributed by atoms with Gasteiger partial charge in [-0.15, -0.1) is 0 Å². The van der Waals surface area contributed by atoms with Gasteiger partial charge in [-0.25, -0.2) is 0 Å². The normalized spacial score (nSPS) is 10.8. The highest BCUT2D eigenvalue weighted by molar-refractivity contribution is 5.88. The first-order chi connectivity index (χ1) is 14.6. The average molecular weight is 396 g/mol. The number of carbonyl (C=O) groups is 2. The van der Waals surface area contributed by atoms with E-state index in [0.29, 0.717) is 18.7 Å². The van der Waals surface area contributed by atoms with Gasteiger partial charge in [-0.1, -0.05) is 54.6 Å². The van der Waals surface area contributed by atoms with Gasteiger partial charge in [0.05, 0.1) is 0 Å². The maximum atomic E-state index is 12.7. The van der Waals surface area contributed by atoms with Crippen molar-refractivity contribution in [1.29, 1.82) is 0 Å². The molecular weight excluding hydrogens is 372 g/mol. The van der Waals surface area contributed by atoms with Crippen LogP contribution in [0.5, 0.6) is 0 Å². The standard InChI is InChI=1S/C26H24N2O2/c1-27(14-12-20-6-3-2-4-7-20)26(30)18-28-15-13-24-17-23(10-11-25(24)28)22-9-5-8-21(16-22)19-29/h2-11,13,15-17,19H,12,14,18H2,1H3. The van der Waals surface area contributed by atoms with Crippen LogP contribution in [0.2, 0.25) is 0 Å². The monoisotopic (exact) mass is 396 g/mol. The molecular formula is C26H24N2O2. The third-order valence-electron chi connectivity index (χ3n) is 5.44. The molecule has 0 aliphatic carbocycles. The first-order valence-electron chi connectivity index (χ1n) is 10.1. The summed E-state index contributed by atoms with van der Waals surface area (Å²) in [6, 6.07) is 26.0. The van der Waals surface area contributed by atoms with Crippen molar-refractivity contribution in [2.45, 2.75) is 13.0 Å². The lowest BCUT2D eigenvalue weighted by Gasteiger charge is -2.18. The van der Waals surface area contributed by atoms with Gasteiger partial charge in [-0.3, -0.25) is 9.59 Å². The molecule has 0 spiro atoms. The minimum atomic E-state index is 0.0891. The van der Waals surface area contributed by atoms with Crippen molar-refractivity contribution in [3.8, 4) is 11.1 Å². The van der Waals surface area contributed by atoms with Crippen LogP contribution in [-0.4, -0.2) is 35.3 Å². The molecule has 0 bridgehead atoms. The van der Waals surface area contributed by atoms with Crippen LogP contribution in [0.15, 0.2) is 85.1 Å². The highest BCUT2D eigenvalue weighted by Crippen LogP contribution is 2.26. The van der Waals surface area contributed by atoms with E-state index in [1.54, 1.807) is 11.0 Å². The fourth-order valence-corrected chi connectivity index (χ4v) is 3.64. The second kappa shape index (κ2) is 8.78. The molecule has 1 heterocycles. The molecule has 0 N–H and O–H groups in total. The van der Waals surface area contributed by atoms with Crippen LogP contribution in [0, 0.1) is 0 Å². The van der Waals surface area contributed by atoms with Crippen LogP contribution < -0.4 is 0 Å². The molecule has 0 aliphatic heterocycles. The summed E-state index contributed by atoms with van der Waals surface area (Å²) < 4.78 is 1.99. The molecule has 0 aliphatic rings. The van der Waals surface area contributed by atoms with E-state index >= 15 is 0 Å². The van der Waals surface area contributed by atoms with Crippen molar-refractivity contribution in [3.63, 3.8) is 0 Å². The molecule has 0 radical (unpaired) electrons. The number of hydrogen-bond donors (Lipinski definition) is 0. The quantitative estimate of drug-likeness (QED) is 0.420. The maximum absolute atomic E-state index is 12.7. The Bertz CT molecular complexity index is 1180. The predicted molar refractivity (Wildman–Crippen MR) is 121 cm³/mol. The number of amides is 1. The fourth-order valence-electron chi connectivity index (χ4n) is 3.64. The van der Waals surface area contributed by atoms with Crippen molar-refractivity contribution in [3.05, 3.63) is 96.2 Å². The Kier molecular flexibility index (Phi) is 5.75. The van der Waals surface area contributed by atoms with E-state index in [1.165, 1.54) is 5.56 Å². The third-order valence-corrected chi connectivity index (χ3v) is 5.44. The molecule has 0 unspecified atom stereocenters. The Morgan fingerprint density at radius 3 is 2.53 bits per heavy atom. The number of aromatic nitrogens is 1. The minimum Gasteiger partial charge on any atom is -0.344 e. The van der Waals surface area contributed by atoms with E-state index in [4.69, 9.17) is 0 Å². The number of benzene rings is 3. The zero-order valence-corrected chi connectivity index (χ0v) is 17.0. The molecule has 150 valence electrons. The zero-order chi connectivity index (χ0) is 20.9. The first kappa shape index (κ1) is 19.6. The predicted octanol–water partition coefficient (Wildman–Crippen LogP) is 4.82. The molecule has 0 saturated heterocycles. The van der Waals surface area contributed by atoms with Crippen molar-refractivity contribution in [2.24, 2.45) is 0 Å². The number of likely N-dealkylation sites (N-methyl/N-ethyl adjacent to an activating group) is 1. The molecule has 3 aromatic carbocycles. The lowest BCUT2D eigenvalue weighted by atomic mass is 10.0. The van der Waals surface area contributed by atoms with Gasteiger partial charge >= 0.3 is 0 Å². The smallest absolute Gasteiger partial charge is 0.242 e. The van der Waals surface area contributed by atoms with Crippen molar-refractivity contribution >= 4 is 23.1 Å². The van der Waals surface area contributed by atoms with Crippen LogP contribution in [0.25, 0.3) is 22.0 Å². The Morgan fingerprint density at radius 2 is 1.73 bits per heavy atom. The summed E-state index contributed by atoms with van der Waals surface area (Å²) in [5.74, 6) is 0.0891. The van der Waals surface area contributed by atoms with E-state index in [1.807, 2.05) is 72.4 Å². The van der Waals surface area contributed by atoms with Gasteiger partial charge in [0.15, 0.2) is 0 Å². The molecule has 0 fully saturated rings. The summed E-state index contributed by atoms with van der Waals surface area (Å²) in [5, 5.41) is 1.07. The van der Waals surface area contributed by atoms with E-state index in [-0.39, 0.29) is 5.91 Å². The van der Waals surface area contributed by atoms with Crippen LogP contribution in [0.1, 0.15) is 15.9 Å². The number of carbonyl (C=O) groups excluding carboxylic acids is 2. The molecule has 4 heteroatoms. The van der Waals surface area contributed by atoms with E-state index in [9.17, 15) is 9.59 Å². The Balaban J connectivity index is 1.46. The highest BCUT2D eigenvalue weighted by atomic mass is 16.2. The summed E-state index contributed by atoms with van der Waals surface area (Å²) in [5.41, 5.74) is 4.97. The molecule has 4 aromatic rings. The number of rotatable bonds is 7. The van der Waals surface area contributed by atoms with Crippen LogP contribution in [-0.2, 0) is 17.8 Å².